The van der Waals surface area contributed by atoms with E-state index in [9.17, 15) is 0 Å². The predicted molar refractivity (Wildman–Crippen MR) is 88.1 cm³/mol. The van der Waals surface area contributed by atoms with Crippen molar-refractivity contribution in [1.82, 2.24) is 0 Å². The minimum Gasteiger partial charge on any atom is -0.416 e. The summed E-state index contributed by atoms with van der Waals surface area (Å²) in [4.78, 5) is 0. The number of hydrogen-bond acceptors (Lipinski definition) is 2. The second-order valence-corrected chi connectivity index (χ2v) is 11.7. The molecular formula is C17H29O2Si. The summed E-state index contributed by atoms with van der Waals surface area (Å²) in [6, 6.07) is 10.2. The van der Waals surface area contributed by atoms with Crippen LogP contribution in [0.25, 0.3) is 0 Å². The maximum Gasteiger partial charge on any atom is 0.191 e. The van der Waals surface area contributed by atoms with Crippen molar-refractivity contribution in [2.75, 3.05) is 13.2 Å². The molecule has 0 bridgehead atoms. The Labute approximate surface area is 125 Å². The normalized spacial score (nSPS) is 14.3. The van der Waals surface area contributed by atoms with Crippen molar-refractivity contribution in [2.45, 2.75) is 45.5 Å². The Hall–Kier alpha value is -0.643. The summed E-state index contributed by atoms with van der Waals surface area (Å²) in [7, 11) is -1.67. The van der Waals surface area contributed by atoms with Crippen molar-refractivity contribution < 1.29 is 9.16 Å². The number of benzene rings is 1. The Morgan fingerprint density at radius 3 is 2.25 bits per heavy atom. The number of ether oxygens (including phenoxy) is 1. The van der Waals surface area contributed by atoms with Crippen molar-refractivity contribution in [3.63, 3.8) is 0 Å². The van der Waals surface area contributed by atoms with E-state index < -0.39 is 8.32 Å². The highest BCUT2D eigenvalue weighted by atomic mass is 28.4. The molecule has 1 aromatic carbocycles. The van der Waals surface area contributed by atoms with E-state index in [4.69, 9.17) is 9.16 Å². The molecule has 0 saturated carbocycles. The fourth-order valence-corrected chi connectivity index (χ4v) is 2.59. The molecule has 0 amide bonds. The first kappa shape index (κ1) is 17.4. The molecular weight excluding hydrogens is 264 g/mol. The first-order chi connectivity index (χ1) is 9.22. The van der Waals surface area contributed by atoms with Gasteiger partial charge < -0.3 is 9.16 Å². The molecule has 1 atom stereocenters. The van der Waals surface area contributed by atoms with Crippen molar-refractivity contribution in [2.24, 2.45) is 5.92 Å². The highest BCUT2D eigenvalue weighted by molar-refractivity contribution is 6.74. The molecule has 2 nitrogen and oxygen atoms in total. The minimum atomic E-state index is -1.67. The van der Waals surface area contributed by atoms with Crippen LogP contribution in [0.1, 0.15) is 26.3 Å². The van der Waals surface area contributed by atoms with E-state index in [1.807, 2.05) is 18.2 Å². The zero-order chi connectivity index (χ0) is 15.2. The summed E-state index contributed by atoms with van der Waals surface area (Å²) in [5, 5.41) is 0.248. The summed E-state index contributed by atoms with van der Waals surface area (Å²) in [5.41, 5.74) is 1.20. The van der Waals surface area contributed by atoms with E-state index in [0.29, 0.717) is 19.8 Å². The third-order valence-corrected chi connectivity index (χ3v) is 8.45. The lowest BCUT2D eigenvalue weighted by Crippen LogP contribution is -2.42. The van der Waals surface area contributed by atoms with E-state index >= 15 is 0 Å². The molecule has 0 fully saturated rings. The van der Waals surface area contributed by atoms with Gasteiger partial charge in [-0.2, -0.15) is 0 Å². The van der Waals surface area contributed by atoms with Gasteiger partial charge in [0.05, 0.1) is 13.2 Å². The summed E-state index contributed by atoms with van der Waals surface area (Å²) in [6.07, 6.45) is 0. The standard InChI is InChI=1S/C17H29O2Si/c1-15(13-19-20(5,6)17(2,3)4)12-18-14-16-10-8-7-9-11-16/h7-11,15H,1,12-14H2,2-6H3/t15-/m0/s1. The van der Waals surface area contributed by atoms with E-state index in [1.54, 1.807) is 0 Å². The topological polar surface area (TPSA) is 18.5 Å². The SMILES string of the molecule is [CH2][C@@H](COCc1ccccc1)CO[Si](C)(C)C(C)(C)C. The van der Waals surface area contributed by atoms with Crippen LogP contribution >= 0.6 is 0 Å². The highest BCUT2D eigenvalue weighted by Crippen LogP contribution is 2.36. The second kappa shape index (κ2) is 7.39. The van der Waals surface area contributed by atoms with Gasteiger partial charge in [0.2, 0.25) is 0 Å². The number of hydrogen-bond donors (Lipinski definition) is 0. The molecule has 0 saturated heterocycles. The smallest absolute Gasteiger partial charge is 0.191 e. The van der Waals surface area contributed by atoms with Crippen molar-refractivity contribution in [3.8, 4) is 0 Å². The Kier molecular flexibility index (Phi) is 6.43. The first-order valence-corrected chi connectivity index (χ1v) is 10.2. The van der Waals surface area contributed by atoms with Crippen LogP contribution in [-0.2, 0) is 15.8 Å². The third kappa shape index (κ3) is 5.78. The van der Waals surface area contributed by atoms with Crippen molar-refractivity contribution in [1.29, 1.82) is 0 Å². The molecule has 1 rings (SSSR count). The molecule has 0 aliphatic rings. The molecule has 0 aliphatic heterocycles. The van der Waals surface area contributed by atoms with Gasteiger partial charge >= 0.3 is 0 Å². The molecule has 113 valence electrons. The van der Waals surface area contributed by atoms with Gasteiger partial charge in [0.25, 0.3) is 0 Å². The summed E-state index contributed by atoms with van der Waals surface area (Å²) in [5.74, 6) is 0.188. The van der Waals surface area contributed by atoms with Gasteiger partial charge in [-0.3, -0.25) is 0 Å². The molecule has 3 heteroatoms. The van der Waals surface area contributed by atoms with Crippen LogP contribution in [-0.4, -0.2) is 21.5 Å². The van der Waals surface area contributed by atoms with Crippen LogP contribution in [0.4, 0.5) is 0 Å². The van der Waals surface area contributed by atoms with Gasteiger partial charge in [-0.1, -0.05) is 51.1 Å². The maximum atomic E-state index is 6.15. The van der Waals surface area contributed by atoms with Crippen LogP contribution < -0.4 is 0 Å². The molecule has 1 aromatic rings. The van der Waals surface area contributed by atoms with E-state index in [-0.39, 0.29) is 11.0 Å². The summed E-state index contributed by atoms with van der Waals surface area (Å²) >= 11 is 0. The third-order valence-electron chi connectivity index (χ3n) is 3.95. The molecule has 0 heterocycles. The summed E-state index contributed by atoms with van der Waals surface area (Å²) in [6.45, 7) is 17.4. The van der Waals surface area contributed by atoms with E-state index in [0.717, 1.165) is 0 Å². The van der Waals surface area contributed by atoms with Crippen LogP contribution in [0.15, 0.2) is 30.3 Å². The van der Waals surface area contributed by atoms with E-state index in [1.165, 1.54) is 5.56 Å². The first-order valence-electron chi connectivity index (χ1n) is 7.31. The van der Waals surface area contributed by atoms with Crippen molar-refractivity contribution in [3.05, 3.63) is 42.8 Å². The lowest BCUT2D eigenvalue weighted by atomic mass is 10.2. The van der Waals surface area contributed by atoms with Gasteiger partial charge in [-0.15, -0.1) is 0 Å². The zero-order valence-electron chi connectivity index (χ0n) is 13.6. The second-order valence-electron chi connectivity index (χ2n) is 6.94. The van der Waals surface area contributed by atoms with E-state index in [2.05, 4.69) is 52.9 Å². The molecule has 0 unspecified atom stereocenters. The molecule has 1 radical (unpaired) electrons. The lowest BCUT2D eigenvalue weighted by molar-refractivity contribution is 0.0799. The summed E-state index contributed by atoms with van der Waals surface area (Å²) < 4.78 is 11.9. The average molecular weight is 294 g/mol. The molecule has 0 N–H and O–H groups in total. The van der Waals surface area contributed by atoms with Gasteiger partial charge in [-0.05, 0) is 30.6 Å². The quantitative estimate of drug-likeness (QED) is 0.680. The molecule has 0 spiro atoms. The van der Waals surface area contributed by atoms with Crippen LogP contribution in [0, 0.1) is 12.8 Å². The van der Waals surface area contributed by atoms with Crippen LogP contribution in [0.5, 0.6) is 0 Å². The van der Waals surface area contributed by atoms with Gasteiger partial charge in [0.1, 0.15) is 0 Å². The predicted octanol–water partition coefficient (Wildman–Crippen LogP) is 4.68. The van der Waals surface area contributed by atoms with Gasteiger partial charge in [0.15, 0.2) is 8.32 Å². The van der Waals surface area contributed by atoms with Gasteiger partial charge in [0, 0.05) is 12.5 Å². The average Bonchev–Trinajstić information content (AvgIpc) is 2.36. The Morgan fingerprint density at radius 1 is 1.10 bits per heavy atom. The van der Waals surface area contributed by atoms with Gasteiger partial charge in [-0.25, -0.2) is 0 Å². The molecule has 0 aromatic heterocycles. The van der Waals surface area contributed by atoms with Crippen LogP contribution in [0.3, 0.4) is 0 Å². The van der Waals surface area contributed by atoms with Crippen molar-refractivity contribution >= 4 is 8.32 Å². The maximum absolute atomic E-state index is 6.15. The highest BCUT2D eigenvalue weighted by Gasteiger charge is 2.37. The fourth-order valence-electron chi connectivity index (χ4n) is 1.51. The zero-order valence-corrected chi connectivity index (χ0v) is 14.6. The Balaban J connectivity index is 2.26. The minimum absolute atomic E-state index is 0.188. The fraction of sp³-hybridized carbons (Fsp3) is 0.588. The molecule has 0 aliphatic carbocycles. The largest absolute Gasteiger partial charge is 0.416 e. The number of rotatable bonds is 7. The Morgan fingerprint density at radius 2 is 1.70 bits per heavy atom. The lowest BCUT2D eigenvalue weighted by Gasteiger charge is -2.36. The Bertz CT molecular complexity index is 382. The monoisotopic (exact) mass is 293 g/mol. The molecule has 20 heavy (non-hydrogen) atoms. The van der Waals surface area contributed by atoms with Crippen LogP contribution in [0.2, 0.25) is 18.1 Å².